The summed E-state index contributed by atoms with van der Waals surface area (Å²) >= 11 is 3.23. The van der Waals surface area contributed by atoms with Crippen molar-refractivity contribution in [1.82, 2.24) is 10.1 Å². The molecule has 0 fully saturated rings. The highest BCUT2D eigenvalue weighted by Gasteiger charge is 2.09. The van der Waals surface area contributed by atoms with Gasteiger partial charge in [-0.25, -0.2) is 4.39 Å². The molecule has 0 saturated carbocycles. The predicted molar refractivity (Wildman–Crippen MR) is 47.4 cm³/mol. The molecule has 1 aromatic heterocycles. The highest BCUT2D eigenvalue weighted by atomic mass is 79.9. The van der Waals surface area contributed by atoms with E-state index in [4.69, 9.17) is 0 Å². The fourth-order valence-electron chi connectivity index (χ4n) is 0.958. The van der Waals surface area contributed by atoms with E-state index < -0.39 is 0 Å². The molecule has 0 unspecified atom stereocenters. The lowest BCUT2D eigenvalue weighted by Gasteiger charge is -1.97. The second-order valence-electron chi connectivity index (χ2n) is 2.38. The third kappa shape index (κ3) is 1.60. The minimum atomic E-state index is -0.371. The fourth-order valence-corrected chi connectivity index (χ4v) is 1.32. The second kappa shape index (κ2) is 3.26. The van der Waals surface area contributed by atoms with Crippen LogP contribution in [0.1, 0.15) is 0 Å². The number of halogens is 2. The smallest absolute Gasteiger partial charge is 0.214 e. The molecule has 2 rings (SSSR count). The molecule has 0 spiro atoms. The summed E-state index contributed by atoms with van der Waals surface area (Å²) in [6.07, 6.45) is 1.16. The number of hydrogen-bond donors (Lipinski definition) is 0. The minimum Gasteiger partial charge on any atom is -0.342 e. The highest BCUT2D eigenvalue weighted by molar-refractivity contribution is 9.10. The summed E-state index contributed by atoms with van der Waals surface area (Å²) in [5.74, 6) is -0.122. The topological polar surface area (TPSA) is 38.9 Å². The molecular formula is C8H4BrFN2O. The lowest BCUT2D eigenvalue weighted by Crippen LogP contribution is -1.85. The zero-order chi connectivity index (χ0) is 9.26. The van der Waals surface area contributed by atoms with Crippen molar-refractivity contribution >= 4 is 15.9 Å². The van der Waals surface area contributed by atoms with E-state index in [1.165, 1.54) is 6.07 Å². The van der Waals surface area contributed by atoms with Crippen LogP contribution in [0.4, 0.5) is 4.39 Å². The molecule has 0 saturated heterocycles. The monoisotopic (exact) mass is 242 g/mol. The maximum atomic E-state index is 13.2. The Kier molecular flexibility index (Phi) is 2.10. The van der Waals surface area contributed by atoms with E-state index >= 15 is 0 Å². The number of aromatic nitrogens is 2. The van der Waals surface area contributed by atoms with Gasteiger partial charge in [-0.15, -0.1) is 0 Å². The standard InChI is InChI=1S/C8H4BrFN2O/c9-5-1-2-7(10)6(3-5)8-11-4-13-12-8/h1-4H. The first-order valence-electron chi connectivity index (χ1n) is 3.49. The maximum absolute atomic E-state index is 13.2. The molecule has 0 aliphatic rings. The second-order valence-corrected chi connectivity index (χ2v) is 3.29. The molecule has 2 aromatic rings. The summed E-state index contributed by atoms with van der Waals surface area (Å²) in [6.45, 7) is 0. The third-order valence-corrected chi connectivity index (χ3v) is 2.02. The fraction of sp³-hybridized carbons (Fsp3) is 0. The molecule has 13 heavy (non-hydrogen) atoms. The molecule has 0 N–H and O–H groups in total. The molecule has 0 aliphatic carbocycles. The van der Waals surface area contributed by atoms with Crippen LogP contribution in [0.3, 0.4) is 0 Å². The normalized spacial score (nSPS) is 10.3. The van der Waals surface area contributed by atoms with Crippen LogP contribution in [-0.4, -0.2) is 10.1 Å². The van der Waals surface area contributed by atoms with Crippen molar-refractivity contribution in [2.24, 2.45) is 0 Å². The van der Waals surface area contributed by atoms with E-state index in [2.05, 4.69) is 30.6 Å². The van der Waals surface area contributed by atoms with Crippen molar-refractivity contribution in [2.45, 2.75) is 0 Å². The summed E-state index contributed by atoms with van der Waals surface area (Å²) in [7, 11) is 0. The zero-order valence-electron chi connectivity index (χ0n) is 6.37. The SMILES string of the molecule is Fc1ccc(Br)cc1-c1ncon1. The van der Waals surface area contributed by atoms with Gasteiger partial charge < -0.3 is 4.52 Å². The first-order chi connectivity index (χ1) is 6.27. The van der Waals surface area contributed by atoms with E-state index in [1.807, 2.05) is 0 Å². The molecular weight excluding hydrogens is 239 g/mol. The predicted octanol–water partition coefficient (Wildman–Crippen LogP) is 2.64. The number of benzene rings is 1. The average Bonchev–Trinajstić information content (AvgIpc) is 2.61. The zero-order valence-corrected chi connectivity index (χ0v) is 7.95. The van der Waals surface area contributed by atoms with Crippen LogP contribution in [0.5, 0.6) is 0 Å². The van der Waals surface area contributed by atoms with Gasteiger partial charge in [0.05, 0.1) is 5.56 Å². The van der Waals surface area contributed by atoms with E-state index in [9.17, 15) is 4.39 Å². The van der Waals surface area contributed by atoms with E-state index in [0.717, 1.165) is 10.9 Å². The minimum absolute atomic E-state index is 0.249. The third-order valence-electron chi connectivity index (χ3n) is 1.53. The van der Waals surface area contributed by atoms with Crippen molar-refractivity contribution in [1.29, 1.82) is 0 Å². The molecule has 66 valence electrons. The van der Waals surface area contributed by atoms with Crippen LogP contribution >= 0.6 is 15.9 Å². The van der Waals surface area contributed by atoms with E-state index in [-0.39, 0.29) is 11.6 Å². The van der Waals surface area contributed by atoms with Gasteiger partial charge in [-0.2, -0.15) is 4.98 Å². The van der Waals surface area contributed by atoms with Crippen molar-refractivity contribution in [2.75, 3.05) is 0 Å². The average molecular weight is 243 g/mol. The van der Waals surface area contributed by atoms with Crippen molar-refractivity contribution in [3.05, 3.63) is 34.9 Å². The summed E-state index contributed by atoms with van der Waals surface area (Å²) in [4.78, 5) is 3.75. The van der Waals surface area contributed by atoms with E-state index in [1.54, 1.807) is 12.1 Å². The van der Waals surface area contributed by atoms with Gasteiger partial charge in [0.15, 0.2) is 0 Å². The molecule has 0 aliphatic heterocycles. The molecule has 1 heterocycles. The van der Waals surface area contributed by atoms with Crippen LogP contribution in [-0.2, 0) is 0 Å². The van der Waals surface area contributed by atoms with Crippen molar-refractivity contribution < 1.29 is 8.91 Å². The molecule has 0 radical (unpaired) electrons. The van der Waals surface area contributed by atoms with Crippen LogP contribution < -0.4 is 0 Å². The Morgan fingerprint density at radius 3 is 2.92 bits per heavy atom. The molecule has 0 bridgehead atoms. The Bertz CT molecular complexity index is 416. The molecule has 3 nitrogen and oxygen atoms in total. The van der Waals surface area contributed by atoms with Crippen LogP contribution in [0.15, 0.2) is 33.6 Å². The van der Waals surface area contributed by atoms with Gasteiger partial charge in [0.1, 0.15) is 5.82 Å². The van der Waals surface area contributed by atoms with Crippen molar-refractivity contribution in [3.63, 3.8) is 0 Å². The molecule has 1 aromatic carbocycles. The maximum Gasteiger partial charge on any atom is 0.214 e. The van der Waals surface area contributed by atoms with Gasteiger partial charge in [0.25, 0.3) is 0 Å². The quantitative estimate of drug-likeness (QED) is 0.772. The largest absolute Gasteiger partial charge is 0.342 e. The van der Waals surface area contributed by atoms with Crippen LogP contribution in [0.2, 0.25) is 0 Å². The first-order valence-corrected chi connectivity index (χ1v) is 4.28. The molecule has 5 heteroatoms. The van der Waals surface area contributed by atoms with Crippen molar-refractivity contribution in [3.8, 4) is 11.4 Å². The lowest BCUT2D eigenvalue weighted by molar-refractivity contribution is 0.418. The molecule has 0 amide bonds. The molecule has 0 atom stereocenters. The Balaban J connectivity index is 2.57. The van der Waals surface area contributed by atoms with Crippen LogP contribution in [0.25, 0.3) is 11.4 Å². The highest BCUT2D eigenvalue weighted by Crippen LogP contribution is 2.22. The number of nitrogens with zero attached hydrogens (tertiary/aromatic N) is 2. The summed E-state index contributed by atoms with van der Waals surface area (Å²) < 4.78 is 18.5. The number of hydrogen-bond acceptors (Lipinski definition) is 3. The summed E-state index contributed by atoms with van der Waals surface area (Å²) in [5, 5.41) is 3.54. The van der Waals surface area contributed by atoms with Gasteiger partial charge in [-0.1, -0.05) is 21.1 Å². The summed E-state index contributed by atoms with van der Waals surface area (Å²) in [5.41, 5.74) is 0.322. The van der Waals surface area contributed by atoms with E-state index in [0.29, 0.717) is 5.56 Å². The Morgan fingerprint density at radius 2 is 2.23 bits per heavy atom. The number of rotatable bonds is 1. The Morgan fingerprint density at radius 1 is 1.38 bits per heavy atom. The van der Waals surface area contributed by atoms with Gasteiger partial charge >= 0.3 is 0 Å². The summed E-state index contributed by atoms with van der Waals surface area (Å²) in [6, 6.07) is 4.55. The van der Waals surface area contributed by atoms with Gasteiger partial charge in [0.2, 0.25) is 12.2 Å². The Hall–Kier alpha value is -1.23. The van der Waals surface area contributed by atoms with Gasteiger partial charge in [-0.05, 0) is 18.2 Å². The van der Waals surface area contributed by atoms with Crippen LogP contribution in [0, 0.1) is 5.82 Å². The Labute approximate surface area is 81.7 Å². The first kappa shape index (κ1) is 8.37. The van der Waals surface area contributed by atoms with Gasteiger partial charge in [0, 0.05) is 4.47 Å². The van der Waals surface area contributed by atoms with Gasteiger partial charge in [-0.3, -0.25) is 0 Å². The lowest BCUT2D eigenvalue weighted by atomic mass is 10.2.